The molecule has 0 unspecified atom stereocenters. The number of hydrogen-bond acceptors (Lipinski definition) is 3. The quantitative estimate of drug-likeness (QED) is 0.895. The molecule has 106 valence electrons. The summed E-state index contributed by atoms with van der Waals surface area (Å²) in [5.41, 5.74) is 8.11. The van der Waals surface area contributed by atoms with E-state index in [4.69, 9.17) is 10.5 Å². The van der Waals surface area contributed by atoms with Crippen LogP contribution in [-0.2, 0) is 12.0 Å². The Morgan fingerprint density at radius 3 is 2.35 bits per heavy atom. The summed E-state index contributed by atoms with van der Waals surface area (Å²) >= 11 is 0. The first-order chi connectivity index (χ1) is 9.51. The van der Waals surface area contributed by atoms with Crippen molar-refractivity contribution in [3.63, 3.8) is 0 Å². The van der Waals surface area contributed by atoms with Crippen LogP contribution < -0.4 is 10.5 Å². The SMILES string of the molecule is CCC(C)(C)c1ccc(OCc2ccc(N)nc2)cc1. The molecule has 20 heavy (non-hydrogen) atoms. The Balaban J connectivity index is 1.99. The number of nitrogens with zero attached hydrogens (tertiary/aromatic N) is 1. The molecule has 0 aliphatic carbocycles. The first-order valence-electron chi connectivity index (χ1n) is 6.95. The average Bonchev–Trinajstić information content (AvgIpc) is 2.47. The van der Waals surface area contributed by atoms with Gasteiger partial charge in [0, 0.05) is 11.8 Å². The molecule has 0 aliphatic rings. The average molecular weight is 270 g/mol. The third kappa shape index (κ3) is 3.50. The fourth-order valence-corrected chi connectivity index (χ4v) is 1.89. The molecule has 0 spiro atoms. The molecule has 0 atom stereocenters. The van der Waals surface area contributed by atoms with Crippen molar-refractivity contribution < 1.29 is 4.74 Å². The Hall–Kier alpha value is -2.03. The lowest BCUT2D eigenvalue weighted by atomic mass is 9.82. The number of nitrogen functional groups attached to an aromatic ring is 1. The molecule has 2 N–H and O–H groups in total. The van der Waals surface area contributed by atoms with Crippen LogP contribution in [-0.4, -0.2) is 4.98 Å². The summed E-state index contributed by atoms with van der Waals surface area (Å²) in [6.45, 7) is 7.22. The van der Waals surface area contributed by atoms with Crippen LogP contribution in [0.25, 0.3) is 0 Å². The van der Waals surface area contributed by atoms with Crippen molar-refractivity contribution in [3.05, 3.63) is 53.7 Å². The van der Waals surface area contributed by atoms with Gasteiger partial charge >= 0.3 is 0 Å². The lowest BCUT2D eigenvalue weighted by Crippen LogP contribution is -2.15. The highest BCUT2D eigenvalue weighted by Crippen LogP contribution is 2.28. The monoisotopic (exact) mass is 270 g/mol. The summed E-state index contributed by atoms with van der Waals surface area (Å²) in [4.78, 5) is 4.05. The van der Waals surface area contributed by atoms with Crippen LogP contribution >= 0.6 is 0 Å². The van der Waals surface area contributed by atoms with E-state index in [0.717, 1.165) is 17.7 Å². The van der Waals surface area contributed by atoms with E-state index < -0.39 is 0 Å². The van der Waals surface area contributed by atoms with Gasteiger partial charge < -0.3 is 10.5 Å². The molecule has 3 nitrogen and oxygen atoms in total. The van der Waals surface area contributed by atoms with E-state index in [2.05, 4.69) is 37.9 Å². The topological polar surface area (TPSA) is 48.1 Å². The van der Waals surface area contributed by atoms with Gasteiger partial charge in [0.2, 0.25) is 0 Å². The Labute approximate surface area is 120 Å². The minimum absolute atomic E-state index is 0.208. The second kappa shape index (κ2) is 5.95. The molecule has 3 heteroatoms. The molecule has 0 fully saturated rings. The van der Waals surface area contributed by atoms with Gasteiger partial charge in [0.1, 0.15) is 18.2 Å². The lowest BCUT2D eigenvalue weighted by Gasteiger charge is -2.23. The van der Waals surface area contributed by atoms with Crippen molar-refractivity contribution in [1.82, 2.24) is 4.98 Å². The molecule has 1 aromatic heterocycles. The van der Waals surface area contributed by atoms with Crippen molar-refractivity contribution in [2.24, 2.45) is 0 Å². The van der Waals surface area contributed by atoms with E-state index in [1.54, 1.807) is 12.3 Å². The fraction of sp³-hybridized carbons (Fsp3) is 0.353. The molecule has 2 rings (SSSR count). The van der Waals surface area contributed by atoms with Gasteiger partial charge in [-0.2, -0.15) is 0 Å². The molecule has 0 aliphatic heterocycles. The number of rotatable bonds is 5. The third-order valence-corrected chi connectivity index (χ3v) is 3.77. The second-order valence-electron chi connectivity index (χ2n) is 5.64. The van der Waals surface area contributed by atoms with E-state index in [9.17, 15) is 0 Å². The van der Waals surface area contributed by atoms with Crippen molar-refractivity contribution >= 4 is 5.82 Å². The van der Waals surface area contributed by atoms with Gasteiger partial charge in [-0.05, 0) is 35.6 Å². The molecule has 1 heterocycles. The van der Waals surface area contributed by atoms with Crippen LogP contribution in [0.2, 0.25) is 0 Å². The minimum Gasteiger partial charge on any atom is -0.489 e. The van der Waals surface area contributed by atoms with E-state index in [1.165, 1.54) is 5.56 Å². The Morgan fingerprint density at radius 2 is 1.80 bits per heavy atom. The number of anilines is 1. The minimum atomic E-state index is 0.208. The Kier molecular flexibility index (Phi) is 4.28. The van der Waals surface area contributed by atoms with E-state index in [1.807, 2.05) is 18.2 Å². The number of benzene rings is 1. The maximum atomic E-state index is 5.75. The molecule has 1 aromatic carbocycles. The van der Waals surface area contributed by atoms with Crippen LogP contribution in [0.15, 0.2) is 42.6 Å². The smallest absolute Gasteiger partial charge is 0.123 e. The lowest BCUT2D eigenvalue weighted by molar-refractivity contribution is 0.305. The fourth-order valence-electron chi connectivity index (χ4n) is 1.89. The normalized spacial score (nSPS) is 11.3. The van der Waals surface area contributed by atoms with Crippen LogP contribution in [0.4, 0.5) is 5.82 Å². The summed E-state index contributed by atoms with van der Waals surface area (Å²) in [5, 5.41) is 0. The number of pyridine rings is 1. The van der Waals surface area contributed by atoms with Gasteiger partial charge in [-0.15, -0.1) is 0 Å². The second-order valence-corrected chi connectivity index (χ2v) is 5.64. The van der Waals surface area contributed by atoms with Crippen molar-refractivity contribution in [3.8, 4) is 5.75 Å². The van der Waals surface area contributed by atoms with E-state index in [0.29, 0.717) is 12.4 Å². The Bertz CT molecular complexity index is 544. The zero-order valence-electron chi connectivity index (χ0n) is 12.4. The predicted octanol–water partition coefficient (Wildman–Crippen LogP) is 3.93. The van der Waals surface area contributed by atoms with Gasteiger partial charge in [-0.1, -0.05) is 39.0 Å². The summed E-state index contributed by atoms with van der Waals surface area (Å²) < 4.78 is 5.75. The molecule has 0 bridgehead atoms. The summed E-state index contributed by atoms with van der Waals surface area (Å²) in [5.74, 6) is 1.40. The van der Waals surface area contributed by atoms with E-state index in [-0.39, 0.29) is 5.41 Å². The maximum absolute atomic E-state index is 5.75. The molecule has 0 saturated heterocycles. The largest absolute Gasteiger partial charge is 0.489 e. The van der Waals surface area contributed by atoms with Crippen LogP contribution in [0, 0.1) is 0 Å². The van der Waals surface area contributed by atoms with Crippen LogP contribution in [0.3, 0.4) is 0 Å². The van der Waals surface area contributed by atoms with Crippen molar-refractivity contribution in [2.75, 3.05) is 5.73 Å². The molecular formula is C17H22N2O. The standard InChI is InChI=1S/C17H22N2O/c1-4-17(2,3)14-6-8-15(9-7-14)20-12-13-5-10-16(18)19-11-13/h5-11H,4,12H2,1-3H3,(H2,18,19). The number of nitrogens with two attached hydrogens (primary N) is 1. The Morgan fingerprint density at radius 1 is 1.10 bits per heavy atom. The summed E-state index contributed by atoms with van der Waals surface area (Å²) in [7, 11) is 0. The third-order valence-electron chi connectivity index (χ3n) is 3.77. The zero-order valence-corrected chi connectivity index (χ0v) is 12.4. The van der Waals surface area contributed by atoms with Crippen LogP contribution in [0.5, 0.6) is 5.75 Å². The zero-order chi connectivity index (χ0) is 14.6. The van der Waals surface area contributed by atoms with Crippen molar-refractivity contribution in [1.29, 1.82) is 0 Å². The predicted molar refractivity (Wildman–Crippen MR) is 82.7 cm³/mol. The summed E-state index contributed by atoms with van der Waals surface area (Å²) in [6.07, 6.45) is 2.86. The highest BCUT2D eigenvalue weighted by atomic mass is 16.5. The van der Waals surface area contributed by atoms with Gasteiger partial charge in [0.05, 0.1) is 0 Å². The highest BCUT2D eigenvalue weighted by Gasteiger charge is 2.17. The summed E-state index contributed by atoms with van der Waals surface area (Å²) in [6, 6.07) is 12.0. The molecule has 2 aromatic rings. The van der Waals surface area contributed by atoms with E-state index >= 15 is 0 Å². The van der Waals surface area contributed by atoms with Gasteiger partial charge in [-0.25, -0.2) is 4.98 Å². The maximum Gasteiger partial charge on any atom is 0.123 e. The van der Waals surface area contributed by atoms with Gasteiger partial charge in [0.15, 0.2) is 0 Å². The first-order valence-corrected chi connectivity index (χ1v) is 6.95. The molecule has 0 amide bonds. The molecule has 0 radical (unpaired) electrons. The number of hydrogen-bond donors (Lipinski definition) is 1. The molecular weight excluding hydrogens is 248 g/mol. The van der Waals surface area contributed by atoms with Gasteiger partial charge in [0.25, 0.3) is 0 Å². The van der Waals surface area contributed by atoms with Crippen LogP contribution in [0.1, 0.15) is 38.3 Å². The first kappa shape index (κ1) is 14.4. The van der Waals surface area contributed by atoms with Gasteiger partial charge in [-0.3, -0.25) is 0 Å². The highest BCUT2D eigenvalue weighted by molar-refractivity contribution is 5.32. The number of aromatic nitrogens is 1. The number of ether oxygens (including phenoxy) is 1. The molecule has 0 saturated carbocycles. The van der Waals surface area contributed by atoms with Crippen molar-refractivity contribution in [2.45, 2.75) is 39.2 Å².